The highest BCUT2D eigenvalue weighted by Crippen LogP contribution is 2.25. The molecule has 3 aromatic rings. The first-order chi connectivity index (χ1) is 17.0. The summed E-state index contributed by atoms with van der Waals surface area (Å²) in [6.07, 6.45) is 4.43. The average Bonchev–Trinajstić information content (AvgIpc) is 3.36. The molecule has 8 nitrogen and oxygen atoms in total. The number of hydrogen-bond acceptors (Lipinski definition) is 5. The fraction of sp³-hybridized carbons (Fsp3) is 0.407. The number of carbonyl (C=O) groups is 2. The molecule has 0 saturated carbocycles. The molecule has 4 aliphatic heterocycles. The van der Waals surface area contributed by atoms with E-state index < -0.39 is 0 Å². The van der Waals surface area contributed by atoms with Gasteiger partial charge in [-0.1, -0.05) is 23.4 Å². The number of fused-ring (bicyclic) bond motifs is 2. The molecule has 8 heteroatoms. The first-order valence-electron chi connectivity index (χ1n) is 12.3. The van der Waals surface area contributed by atoms with Gasteiger partial charge in [0.2, 0.25) is 0 Å². The monoisotopic (exact) mass is 473 g/mol. The molecule has 1 saturated heterocycles. The zero-order valence-corrected chi connectivity index (χ0v) is 20.3. The van der Waals surface area contributed by atoms with E-state index in [0.717, 1.165) is 41.8 Å². The lowest BCUT2D eigenvalue weighted by atomic mass is 9.95. The molecule has 0 spiro atoms. The second-order valence-corrected chi connectivity index (χ2v) is 9.55. The van der Waals surface area contributed by atoms with Crippen molar-refractivity contribution in [2.75, 3.05) is 33.3 Å². The van der Waals surface area contributed by atoms with E-state index in [1.54, 1.807) is 9.58 Å². The van der Waals surface area contributed by atoms with Crippen LogP contribution < -0.4 is 4.74 Å². The second kappa shape index (κ2) is 9.90. The molecule has 0 atom stereocenters. The Morgan fingerprint density at radius 3 is 2.40 bits per heavy atom. The summed E-state index contributed by atoms with van der Waals surface area (Å²) in [4.78, 5) is 29.9. The van der Waals surface area contributed by atoms with Crippen molar-refractivity contribution in [1.29, 1.82) is 0 Å². The fourth-order valence-corrected chi connectivity index (χ4v) is 4.81. The molecule has 7 rings (SSSR count). The van der Waals surface area contributed by atoms with Crippen molar-refractivity contribution >= 4 is 11.8 Å². The lowest BCUT2D eigenvalue weighted by Gasteiger charge is -2.34. The summed E-state index contributed by atoms with van der Waals surface area (Å²) in [6, 6.07) is 13.2. The number of piperidine rings is 1. The molecule has 1 aromatic heterocycles. The molecule has 0 N–H and O–H groups in total. The lowest BCUT2D eigenvalue weighted by Crippen LogP contribution is -2.42. The van der Waals surface area contributed by atoms with Gasteiger partial charge in [0, 0.05) is 56.3 Å². The average molecular weight is 474 g/mol. The highest BCUT2D eigenvalue weighted by atomic mass is 16.5. The topological polar surface area (TPSA) is 80.6 Å². The number of benzene rings is 2. The van der Waals surface area contributed by atoms with Crippen LogP contribution in [0.1, 0.15) is 45.5 Å². The molecule has 2 amide bonds. The van der Waals surface area contributed by atoms with Gasteiger partial charge >= 0.3 is 0 Å². The molecule has 0 unspecified atom stereocenters. The van der Waals surface area contributed by atoms with Crippen LogP contribution in [0.2, 0.25) is 0 Å². The van der Waals surface area contributed by atoms with Crippen LogP contribution in [0.15, 0.2) is 48.7 Å². The summed E-state index contributed by atoms with van der Waals surface area (Å²) in [5.74, 6) is 1.16. The third-order valence-corrected chi connectivity index (χ3v) is 6.97. The number of rotatable bonds is 0. The summed E-state index contributed by atoms with van der Waals surface area (Å²) >= 11 is 0. The van der Waals surface area contributed by atoms with Gasteiger partial charge in [0.05, 0.1) is 12.8 Å². The molecule has 4 aliphatic rings. The highest BCUT2D eigenvalue weighted by Gasteiger charge is 2.26. The van der Waals surface area contributed by atoms with Gasteiger partial charge in [-0.3, -0.25) is 14.3 Å². The Morgan fingerprint density at radius 2 is 1.63 bits per heavy atom. The van der Waals surface area contributed by atoms with Crippen LogP contribution in [0, 0.1) is 12.8 Å². The normalized spacial score (nSPS) is 17.8. The Kier molecular flexibility index (Phi) is 6.53. The smallest absolute Gasteiger partial charge is 0.253 e. The zero-order chi connectivity index (χ0) is 24.4. The Bertz CT molecular complexity index is 1210. The van der Waals surface area contributed by atoms with Gasteiger partial charge in [-0.25, -0.2) is 0 Å². The predicted molar refractivity (Wildman–Crippen MR) is 132 cm³/mol. The third-order valence-electron chi connectivity index (χ3n) is 6.97. The number of nitrogens with zero attached hydrogens (tertiary/aromatic N) is 5. The van der Waals surface area contributed by atoms with Crippen molar-refractivity contribution in [3.05, 3.63) is 65.4 Å². The first kappa shape index (κ1) is 23.1. The maximum absolute atomic E-state index is 13.2. The minimum atomic E-state index is 0.00744. The van der Waals surface area contributed by atoms with E-state index in [9.17, 15) is 9.59 Å². The SMILES string of the molecule is Cc1ccc2cc1OCCCn1cc(nn1)-c1ccc(cc1)C(=O)N(C)CC1CCN(CC1)C2=O. The van der Waals surface area contributed by atoms with Gasteiger partial charge in [0.25, 0.3) is 11.8 Å². The molecular weight excluding hydrogens is 442 g/mol. The van der Waals surface area contributed by atoms with Crippen LogP contribution in [0.25, 0.3) is 11.3 Å². The van der Waals surface area contributed by atoms with Crippen LogP contribution in [-0.4, -0.2) is 69.9 Å². The van der Waals surface area contributed by atoms with Gasteiger partial charge in [-0.15, -0.1) is 5.10 Å². The number of aromatic nitrogens is 3. The minimum absolute atomic E-state index is 0.00744. The van der Waals surface area contributed by atoms with Gasteiger partial charge in [0.15, 0.2) is 0 Å². The predicted octanol–water partition coefficient (Wildman–Crippen LogP) is 3.66. The second-order valence-electron chi connectivity index (χ2n) is 9.55. The molecule has 5 heterocycles. The standard InChI is InChI=1S/C27H31N5O3/c1-19-4-5-23-16-25(19)35-15-3-12-32-18-24(28-29-32)21-6-8-22(9-7-21)26(33)30(2)17-20-10-13-31(14-11-20)27(23)34/h4-9,16,18,20H,3,10-15,17H2,1-2H3. The van der Waals surface area contributed by atoms with Crippen molar-refractivity contribution in [2.45, 2.75) is 32.7 Å². The summed E-state index contributed by atoms with van der Waals surface area (Å²) in [5, 5.41) is 8.52. The largest absolute Gasteiger partial charge is 0.493 e. The quantitative estimate of drug-likeness (QED) is 0.498. The van der Waals surface area contributed by atoms with Crippen molar-refractivity contribution in [3.63, 3.8) is 0 Å². The van der Waals surface area contributed by atoms with Crippen LogP contribution in [0.3, 0.4) is 0 Å². The maximum atomic E-state index is 13.2. The number of hydrogen-bond donors (Lipinski definition) is 0. The molecule has 0 aliphatic carbocycles. The van der Waals surface area contributed by atoms with Gasteiger partial charge in [-0.05, 0) is 55.5 Å². The number of amides is 2. The number of carbonyl (C=O) groups excluding carboxylic acids is 2. The van der Waals surface area contributed by atoms with Gasteiger partial charge in [-0.2, -0.15) is 0 Å². The van der Waals surface area contributed by atoms with Crippen molar-refractivity contribution in [1.82, 2.24) is 24.8 Å². The summed E-state index contributed by atoms with van der Waals surface area (Å²) in [6.45, 7) is 5.25. The number of aryl methyl sites for hydroxylation is 2. The first-order valence-corrected chi connectivity index (χ1v) is 12.3. The molecule has 0 radical (unpaired) electrons. The Hall–Kier alpha value is -3.68. The van der Waals surface area contributed by atoms with E-state index in [2.05, 4.69) is 10.3 Å². The van der Waals surface area contributed by atoms with E-state index in [4.69, 9.17) is 4.74 Å². The summed E-state index contributed by atoms with van der Waals surface area (Å²) in [5.41, 5.74) is 4.02. The van der Waals surface area contributed by atoms with E-state index in [1.807, 2.05) is 67.5 Å². The summed E-state index contributed by atoms with van der Waals surface area (Å²) < 4.78 is 7.84. The maximum Gasteiger partial charge on any atom is 0.253 e. The Labute approximate surface area is 205 Å². The Morgan fingerprint density at radius 1 is 0.914 bits per heavy atom. The third kappa shape index (κ3) is 5.06. The van der Waals surface area contributed by atoms with Gasteiger partial charge < -0.3 is 14.5 Å². The van der Waals surface area contributed by atoms with E-state index in [0.29, 0.717) is 49.8 Å². The molecule has 182 valence electrons. The van der Waals surface area contributed by atoms with Crippen LogP contribution in [-0.2, 0) is 6.54 Å². The molecule has 8 bridgehead atoms. The fourth-order valence-electron chi connectivity index (χ4n) is 4.81. The molecule has 35 heavy (non-hydrogen) atoms. The van der Waals surface area contributed by atoms with Crippen LogP contribution >= 0.6 is 0 Å². The van der Waals surface area contributed by atoms with E-state index in [-0.39, 0.29) is 11.8 Å². The summed E-state index contributed by atoms with van der Waals surface area (Å²) in [7, 11) is 1.85. The van der Waals surface area contributed by atoms with Crippen molar-refractivity contribution in [3.8, 4) is 17.0 Å². The minimum Gasteiger partial charge on any atom is -0.493 e. The molecule has 1 fully saturated rings. The van der Waals surface area contributed by atoms with Gasteiger partial charge in [0.1, 0.15) is 11.4 Å². The van der Waals surface area contributed by atoms with E-state index in [1.165, 1.54) is 0 Å². The van der Waals surface area contributed by atoms with Crippen molar-refractivity contribution < 1.29 is 14.3 Å². The molecule has 2 aromatic carbocycles. The van der Waals surface area contributed by atoms with E-state index >= 15 is 0 Å². The molecular formula is C27H31N5O3. The van der Waals surface area contributed by atoms with Crippen LogP contribution in [0.5, 0.6) is 5.75 Å². The highest BCUT2D eigenvalue weighted by molar-refractivity contribution is 5.95. The van der Waals surface area contributed by atoms with Crippen molar-refractivity contribution in [2.24, 2.45) is 5.92 Å². The zero-order valence-electron chi connectivity index (χ0n) is 20.3. The lowest BCUT2D eigenvalue weighted by molar-refractivity contribution is 0.0634. The Balaban J connectivity index is 1.39. The van der Waals surface area contributed by atoms with Crippen LogP contribution in [0.4, 0.5) is 0 Å². The number of ether oxygens (including phenoxy) is 1.